The first kappa shape index (κ1) is 23.8. The van der Waals surface area contributed by atoms with Crippen molar-refractivity contribution in [3.05, 3.63) is 58.9 Å². The Morgan fingerprint density at radius 1 is 1.29 bits per heavy atom. The molecule has 0 radical (unpaired) electrons. The first-order valence-electron chi connectivity index (χ1n) is 10.3. The number of rotatable bonds is 7. The third-order valence-electron chi connectivity index (χ3n) is 5.53. The molecule has 4 nitrogen and oxygen atoms in total. The molecule has 2 aromatic rings. The van der Waals surface area contributed by atoms with Gasteiger partial charge in [0.1, 0.15) is 12.0 Å². The van der Waals surface area contributed by atoms with E-state index in [0.29, 0.717) is 27.5 Å². The molecule has 168 valence electrons. The Morgan fingerprint density at radius 2 is 2.00 bits per heavy atom. The molecule has 1 aliphatic heterocycles. The molecule has 31 heavy (non-hydrogen) atoms. The summed E-state index contributed by atoms with van der Waals surface area (Å²) in [4.78, 5) is 14.2. The normalized spacial score (nSPS) is 22.2. The summed E-state index contributed by atoms with van der Waals surface area (Å²) in [7, 11) is -1.43. The third kappa shape index (κ3) is 5.33. The Kier molecular flexibility index (Phi) is 7.83. The van der Waals surface area contributed by atoms with Gasteiger partial charge in [-0.2, -0.15) is 0 Å². The van der Waals surface area contributed by atoms with Crippen LogP contribution in [-0.4, -0.2) is 45.6 Å². The number of halogens is 3. The standard InChI is InChI=1S/C23H27ClF2N2O2S/c1-4-31(30)27-22-19(25)13-28(23(29)14(2)3)20(22)12-16-8-6-10-18(21(16)26)15-7-5-9-17(24)11-15/h5-11,14,19-20,22,27H,4,12-13H2,1-3H3/t19-,20-,22-,31?/m0/s1. The molecule has 0 saturated carbocycles. The summed E-state index contributed by atoms with van der Waals surface area (Å²) in [6.07, 6.45) is -1.28. The van der Waals surface area contributed by atoms with Crippen LogP contribution in [0.3, 0.4) is 0 Å². The van der Waals surface area contributed by atoms with Crippen LogP contribution in [0, 0.1) is 11.7 Å². The average molecular weight is 469 g/mol. The molecule has 0 aromatic heterocycles. The van der Waals surface area contributed by atoms with Crippen LogP contribution in [0.5, 0.6) is 0 Å². The molecular weight excluding hydrogens is 442 g/mol. The number of nitrogens with one attached hydrogen (secondary N) is 1. The van der Waals surface area contributed by atoms with Gasteiger partial charge in [-0.1, -0.05) is 62.7 Å². The van der Waals surface area contributed by atoms with Crippen LogP contribution >= 0.6 is 11.6 Å². The molecule has 1 saturated heterocycles. The van der Waals surface area contributed by atoms with Crippen molar-refractivity contribution >= 4 is 28.5 Å². The van der Waals surface area contributed by atoms with Gasteiger partial charge in [0, 0.05) is 22.3 Å². The summed E-state index contributed by atoms with van der Waals surface area (Å²) in [5, 5.41) is 0.499. The van der Waals surface area contributed by atoms with Crippen molar-refractivity contribution in [2.75, 3.05) is 12.3 Å². The summed E-state index contributed by atoms with van der Waals surface area (Å²) in [5.74, 6) is -0.648. The number of amides is 1. The van der Waals surface area contributed by atoms with Crippen LogP contribution in [0.1, 0.15) is 26.3 Å². The lowest BCUT2D eigenvalue weighted by Gasteiger charge is -2.30. The molecule has 1 aliphatic rings. The smallest absolute Gasteiger partial charge is 0.225 e. The van der Waals surface area contributed by atoms with E-state index in [-0.39, 0.29) is 24.8 Å². The Hall–Kier alpha value is -1.83. The minimum absolute atomic E-state index is 0.101. The van der Waals surface area contributed by atoms with E-state index in [1.165, 1.54) is 4.90 Å². The molecule has 1 amide bonds. The minimum Gasteiger partial charge on any atom is -0.334 e. The number of alkyl halides is 1. The Balaban J connectivity index is 1.97. The van der Waals surface area contributed by atoms with E-state index in [4.69, 9.17) is 11.6 Å². The molecular formula is C23H27ClF2N2O2S. The van der Waals surface area contributed by atoms with Gasteiger partial charge < -0.3 is 4.90 Å². The highest BCUT2D eigenvalue weighted by atomic mass is 35.5. The number of hydrogen-bond donors (Lipinski definition) is 1. The Labute approximate surface area is 189 Å². The zero-order valence-electron chi connectivity index (χ0n) is 17.8. The van der Waals surface area contributed by atoms with Gasteiger partial charge in [-0.05, 0) is 29.7 Å². The first-order chi connectivity index (χ1) is 14.7. The number of nitrogens with zero attached hydrogens (tertiary/aromatic N) is 1. The van der Waals surface area contributed by atoms with Crippen molar-refractivity contribution in [2.45, 2.75) is 45.4 Å². The predicted octanol–water partition coefficient (Wildman–Crippen LogP) is 4.54. The van der Waals surface area contributed by atoms with E-state index in [9.17, 15) is 13.4 Å². The molecule has 1 fully saturated rings. The second-order valence-electron chi connectivity index (χ2n) is 8.00. The molecule has 8 heteroatoms. The molecule has 4 atom stereocenters. The maximum Gasteiger partial charge on any atom is 0.225 e. The van der Waals surface area contributed by atoms with E-state index in [1.54, 1.807) is 63.2 Å². The maximum absolute atomic E-state index is 15.5. The highest BCUT2D eigenvalue weighted by molar-refractivity contribution is 7.83. The fourth-order valence-corrected chi connectivity index (χ4v) is 4.89. The zero-order chi connectivity index (χ0) is 22.7. The fraction of sp³-hybridized carbons (Fsp3) is 0.435. The van der Waals surface area contributed by atoms with Crippen molar-refractivity contribution in [3.63, 3.8) is 0 Å². The van der Waals surface area contributed by atoms with Crippen LogP contribution in [0.15, 0.2) is 42.5 Å². The van der Waals surface area contributed by atoms with Crippen LogP contribution in [0.25, 0.3) is 11.1 Å². The van der Waals surface area contributed by atoms with E-state index in [1.807, 2.05) is 0 Å². The van der Waals surface area contributed by atoms with Crippen LogP contribution < -0.4 is 4.72 Å². The number of hydrogen-bond acceptors (Lipinski definition) is 2. The van der Waals surface area contributed by atoms with Crippen molar-refractivity contribution < 1.29 is 17.8 Å². The van der Waals surface area contributed by atoms with Crippen molar-refractivity contribution in [2.24, 2.45) is 5.92 Å². The van der Waals surface area contributed by atoms with Gasteiger partial charge in [0.05, 0.1) is 29.6 Å². The minimum atomic E-state index is -1.43. The summed E-state index contributed by atoms with van der Waals surface area (Å²) in [5.41, 5.74) is 1.39. The number of likely N-dealkylation sites (tertiary alicyclic amines) is 1. The molecule has 0 bridgehead atoms. The number of benzene rings is 2. The lowest BCUT2D eigenvalue weighted by molar-refractivity contribution is -0.135. The summed E-state index contributed by atoms with van der Waals surface area (Å²) in [6, 6.07) is 10.5. The third-order valence-corrected chi connectivity index (χ3v) is 6.82. The van der Waals surface area contributed by atoms with Gasteiger partial charge in [0.2, 0.25) is 5.91 Å². The zero-order valence-corrected chi connectivity index (χ0v) is 19.4. The largest absolute Gasteiger partial charge is 0.334 e. The maximum atomic E-state index is 15.5. The highest BCUT2D eigenvalue weighted by Gasteiger charge is 2.45. The topological polar surface area (TPSA) is 49.4 Å². The van der Waals surface area contributed by atoms with Crippen molar-refractivity contribution in [3.8, 4) is 11.1 Å². The monoisotopic (exact) mass is 468 g/mol. The molecule has 2 aromatic carbocycles. The molecule has 1 heterocycles. The lowest BCUT2D eigenvalue weighted by atomic mass is 9.95. The van der Waals surface area contributed by atoms with E-state index >= 15 is 4.39 Å². The number of carbonyl (C=O) groups excluding carboxylic acids is 1. The second-order valence-corrected chi connectivity index (χ2v) is 9.94. The van der Waals surface area contributed by atoms with Gasteiger partial charge >= 0.3 is 0 Å². The van der Waals surface area contributed by atoms with Crippen LogP contribution in [-0.2, 0) is 22.2 Å². The summed E-state index contributed by atoms with van der Waals surface area (Å²) in [6.45, 7) is 5.12. The van der Waals surface area contributed by atoms with Crippen LogP contribution in [0.2, 0.25) is 5.02 Å². The van der Waals surface area contributed by atoms with Crippen LogP contribution in [0.4, 0.5) is 8.78 Å². The molecule has 1 unspecified atom stereocenters. The molecule has 1 N–H and O–H groups in total. The molecule has 0 spiro atoms. The van der Waals surface area contributed by atoms with Crippen molar-refractivity contribution in [1.82, 2.24) is 9.62 Å². The second kappa shape index (κ2) is 10.2. The van der Waals surface area contributed by atoms with Gasteiger partial charge in [0.15, 0.2) is 0 Å². The first-order valence-corrected chi connectivity index (χ1v) is 12.0. The SMILES string of the molecule is CCS(=O)N[C@H]1[C@@H](F)CN(C(=O)C(C)C)[C@H]1Cc1cccc(-c2cccc(Cl)c2)c1F. The Morgan fingerprint density at radius 3 is 2.65 bits per heavy atom. The van der Waals surface area contributed by atoms with Gasteiger partial charge in [0.25, 0.3) is 0 Å². The Bertz CT molecular complexity index is 972. The molecule has 0 aliphatic carbocycles. The van der Waals surface area contributed by atoms with Gasteiger partial charge in [-0.25, -0.2) is 17.7 Å². The lowest BCUT2D eigenvalue weighted by Crippen LogP contribution is -2.49. The van der Waals surface area contributed by atoms with E-state index in [0.717, 1.165) is 0 Å². The van der Waals surface area contributed by atoms with Gasteiger partial charge in [-0.15, -0.1) is 0 Å². The van der Waals surface area contributed by atoms with Crippen molar-refractivity contribution in [1.29, 1.82) is 0 Å². The van der Waals surface area contributed by atoms with E-state index < -0.39 is 35.1 Å². The quantitative estimate of drug-likeness (QED) is 0.648. The number of carbonyl (C=O) groups is 1. The predicted molar refractivity (Wildman–Crippen MR) is 121 cm³/mol. The summed E-state index contributed by atoms with van der Waals surface area (Å²) >= 11 is 6.06. The fourth-order valence-electron chi connectivity index (χ4n) is 3.92. The highest BCUT2D eigenvalue weighted by Crippen LogP contribution is 2.31. The molecule has 3 rings (SSSR count). The summed E-state index contributed by atoms with van der Waals surface area (Å²) < 4.78 is 45.3. The average Bonchev–Trinajstić information content (AvgIpc) is 3.03. The van der Waals surface area contributed by atoms with Gasteiger partial charge in [-0.3, -0.25) is 4.79 Å². The van der Waals surface area contributed by atoms with E-state index in [2.05, 4.69) is 4.72 Å².